The smallest absolute Gasteiger partial charge is 0.164 e. The van der Waals surface area contributed by atoms with E-state index < -0.39 is 5.79 Å². The second-order valence-corrected chi connectivity index (χ2v) is 8.21. The Morgan fingerprint density at radius 3 is 2.76 bits per heavy atom. The van der Waals surface area contributed by atoms with Gasteiger partial charge in [-0.1, -0.05) is 48.0 Å². The minimum atomic E-state index is -0.651. The van der Waals surface area contributed by atoms with E-state index in [1.54, 1.807) is 12.5 Å². The summed E-state index contributed by atoms with van der Waals surface area (Å²) in [5, 5.41) is 0.398. The molecule has 6 nitrogen and oxygen atoms in total. The van der Waals surface area contributed by atoms with Crippen molar-refractivity contribution in [3.05, 3.63) is 71.3 Å². The summed E-state index contributed by atoms with van der Waals surface area (Å²) in [5.41, 5.74) is 3.84. The highest BCUT2D eigenvalue weighted by Crippen LogP contribution is 2.44. The van der Waals surface area contributed by atoms with Gasteiger partial charge >= 0.3 is 0 Å². The van der Waals surface area contributed by atoms with Crippen molar-refractivity contribution in [2.24, 2.45) is 0 Å². The molecule has 3 atom stereocenters. The van der Waals surface area contributed by atoms with E-state index in [9.17, 15) is 0 Å². The molecular formula is C22H22ClN3O3. The molecule has 3 heterocycles. The molecule has 1 fully saturated rings. The topological polar surface area (TPSA) is 58.4 Å². The van der Waals surface area contributed by atoms with E-state index in [4.69, 9.17) is 25.8 Å². The largest absolute Gasteiger partial charge is 0.372 e. The monoisotopic (exact) mass is 411 g/mol. The Morgan fingerprint density at radius 1 is 1.10 bits per heavy atom. The molecule has 0 unspecified atom stereocenters. The molecule has 0 saturated carbocycles. The number of rotatable bonds is 5. The number of pyridine rings is 1. The Labute approximate surface area is 174 Å². The van der Waals surface area contributed by atoms with Crippen molar-refractivity contribution in [1.29, 1.82) is 0 Å². The molecule has 0 bridgehead atoms. The zero-order valence-electron chi connectivity index (χ0n) is 16.3. The lowest BCUT2D eigenvalue weighted by molar-refractivity contribution is -0.148. The van der Waals surface area contributed by atoms with E-state index in [1.165, 1.54) is 0 Å². The van der Waals surface area contributed by atoms with Crippen LogP contribution in [0.2, 0.25) is 5.15 Å². The highest BCUT2D eigenvalue weighted by molar-refractivity contribution is 6.33. The molecule has 1 saturated heterocycles. The van der Waals surface area contributed by atoms with Gasteiger partial charge in [0, 0.05) is 6.20 Å². The summed E-state index contributed by atoms with van der Waals surface area (Å²) >= 11 is 6.21. The summed E-state index contributed by atoms with van der Waals surface area (Å²) in [6, 6.07) is 12.0. The normalized spacial score (nSPS) is 25.3. The second kappa shape index (κ2) is 7.22. The van der Waals surface area contributed by atoms with Crippen LogP contribution in [0.25, 0.3) is 11.0 Å². The number of hydrogen-bond donors (Lipinski definition) is 0. The van der Waals surface area contributed by atoms with Crippen LogP contribution in [-0.2, 0) is 20.8 Å². The molecule has 150 valence electrons. The molecule has 2 aliphatic rings. The van der Waals surface area contributed by atoms with Gasteiger partial charge in [-0.05, 0) is 31.1 Å². The first kappa shape index (κ1) is 18.8. The quantitative estimate of drug-likeness (QED) is 0.462. The molecule has 2 aromatic heterocycles. The van der Waals surface area contributed by atoms with Gasteiger partial charge in [0.15, 0.2) is 10.9 Å². The van der Waals surface area contributed by atoms with Gasteiger partial charge in [-0.3, -0.25) is 0 Å². The van der Waals surface area contributed by atoms with Crippen molar-refractivity contribution in [1.82, 2.24) is 14.5 Å². The van der Waals surface area contributed by atoms with Gasteiger partial charge in [0.1, 0.15) is 17.7 Å². The van der Waals surface area contributed by atoms with Crippen LogP contribution in [-0.4, -0.2) is 39.1 Å². The van der Waals surface area contributed by atoms with Gasteiger partial charge in [-0.2, -0.15) is 0 Å². The summed E-state index contributed by atoms with van der Waals surface area (Å²) in [4.78, 5) is 8.57. The molecule has 0 amide bonds. The maximum atomic E-state index is 6.26. The highest BCUT2D eigenvalue weighted by atomic mass is 35.5. The van der Waals surface area contributed by atoms with Crippen LogP contribution in [0.3, 0.4) is 0 Å². The summed E-state index contributed by atoms with van der Waals surface area (Å²) in [6.07, 6.45) is 5.35. The van der Waals surface area contributed by atoms with E-state index >= 15 is 0 Å². The molecule has 5 rings (SSSR count). The van der Waals surface area contributed by atoms with Crippen molar-refractivity contribution >= 4 is 22.6 Å². The number of fused-ring (bicyclic) bond motifs is 2. The zero-order valence-corrected chi connectivity index (χ0v) is 17.0. The Bertz CT molecular complexity index is 1060. The Hall–Kier alpha value is -2.25. The van der Waals surface area contributed by atoms with Gasteiger partial charge in [0.05, 0.1) is 31.1 Å². The summed E-state index contributed by atoms with van der Waals surface area (Å²) in [7, 11) is 0. The molecule has 0 spiro atoms. The molecule has 3 aromatic rings. The van der Waals surface area contributed by atoms with E-state index in [0.717, 1.165) is 16.7 Å². The van der Waals surface area contributed by atoms with E-state index in [-0.39, 0.29) is 18.2 Å². The standard InChI is InChI=1S/C22H22ClN3O3/c1-22(2)28-19-15(12-27-11-14-6-4-3-5-7-14)10-17(20(19)29-22)26-13-25-18-16(26)8-9-24-21(18)23/h3-10,13,17,19-20H,11-12H2,1-2H3/t17-,19-,20-/m1/s1. The Kier molecular flexibility index (Phi) is 4.67. The number of aromatic nitrogens is 3. The van der Waals surface area contributed by atoms with Crippen LogP contribution in [0.1, 0.15) is 25.5 Å². The number of benzene rings is 1. The molecule has 1 aliphatic carbocycles. The van der Waals surface area contributed by atoms with Crippen LogP contribution < -0.4 is 0 Å². The first-order valence-electron chi connectivity index (χ1n) is 9.67. The number of hydrogen-bond acceptors (Lipinski definition) is 5. The highest BCUT2D eigenvalue weighted by Gasteiger charge is 2.50. The van der Waals surface area contributed by atoms with Crippen molar-refractivity contribution in [2.75, 3.05) is 6.61 Å². The fourth-order valence-corrected chi connectivity index (χ4v) is 4.33. The average Bonchev–Trinajstić information content (AvgIpc) is 3.35. The van der Waals surface area contributed by atoms with Gasteiger partial charge in [0.25, 0.3) is 0 Å². The van der Waals surface area contributed by atoms with E-state index in [2.05, 4.69) is 32.7 Å². The molecule has 29 heavy (non-hydrogen) atoms. The predicted molar refractivity (Wildman–Crippen MR) is 110 cm³/mol. The lowest BCUT2D eigenvalue weighted by atomic mass is 10.1. The van der Waals surface area contributed by atoms with Crippen LogP contribution in [0.15, 0.2) is 60.6 Å². The van der Waals surface area contributed by atoms with Gasteiger partial charge in [-0.25, -0.2) is 9.97 Å². The summed E-state index contributed by atoms with van der Waals surface area (Å²) in [5.74, 6) is -0.651. The third-order valence-corrected chi connectivity index (χ3v) is 5.64. The molecule has 0 N–H and O–H groups in total. The third kappa shape index (κ3) is 3.46. The average molecular weight is 412 g/mol. The van der Waals surface area contributed by atoms with Crippen LogP contribution in [0.5, 0.6) is 0 Å². The van der Waals surface area contributed by atoms with E-state index in [0.29, 0.717) is 23.9 Å². The SMILES string of the molecule is CC1(C)O[C@H]2[C@H](O1)C(COCc1ccccc1)=C[C@H]2n1cnc2c(Cl)nccc21. The van der Waals surface area contributed by atoms with Gasteiger partial charge in [-0.15, -0.1) is 0 Å². The lowest BCUT2D eigenvalue weighted by Gasteiger charge is -2.22. The number of ether oxygens (including phenoxy) is 3. The van der Waals surface area contributed by atoms with Gasteiger partial charge < -0.3 is 18.8 Å². The minimum absolute atomic E-state index is 0.0550. The minimum Gasteiger partial charge on any atom is -0.372 e. The summed E-state index contributed by atoms with van der Waals surface area (Å²) < 4.78 is 20.5. The van der Waals surface area contributed by atoms with Crippen molar-refractivity contribution in [3.8, 4) is 0 Å². The molecular weight excluding hydrogens is 390 g/mol. The third-order valence-electron chi connectivity index (χ3n) is 5.37. The van der Waals surface area contributed by atoms with Crippen molar-refractivity contribution in [2.45, 2.75) is 44.5 Å². The van der Waals surface area contributed by atoms with Crippen LogP contribution >= 0.6 is 11.6 Å². The van der Waals surface area contributed by atoms with Crippen molar-refractivity contribution < 1.29 is 14.2 Å². The maximum Gasteiger partial charge on any atom is 0.164 e. The number of halogens is 1. The molecule has 1 aromatic carbocycles. The first-order chi connectivity index (χ1) is 14.0. The molecule has 7 heteroatoms. The Balaban J connectivity index is 1.42. The van der Waals surface area contributed by atoms with Gasteiger partial charge in [0.2, 0.25) is 0 Å². The molecule has 0 radical (unpaired) electrons. The second-order valence-electron chi connectivity index (χ2n) is 7.85. The van der Waals surface area contributed by atoms with Crippen LogP contribution in [0, 0.1) is 0 Å². The number of imidazole rings is 1. The van der Waals surface area contributed by atoms with Crippen molar-refractivity contribution in [3.63, 3.8) is 0 Å². The zero-order chi connectivity index (χ0) is 20.0. The molecule has 1 aliphatic heterocycles. The fraction of sp³-hybridized carbons (Fsp3) is 0.364. The van der Waals surface area contributed by atoms with Crippen LogP contribution in [0.4, 0.5) is 0 Å². The summed E-state index contributed by atoms with van der Waals surface area (Å²) in [6.45, 7) is 4.93. The van der Waals surface area contributed by atoms with E-state index in [1.807, 2.05) is 38.1 Å². The Morgan fingerprint density at radius 2 is 1.93 bits per heavy atom. The maximum absolute atomic E-state index is 6.26. The number of nitrogens with zero attached hydrogens (tertiary/aromatic N) is 3. The lowest BCUT2D eigenvalue weighted by Crippen LogP contribution is -2.28. The fourth-order valence-electron chi connectivity index (χ4n) is 4.13. The first-order valence-corrected chi connectivity index (χ1v) is 10.0. The predicted octanol–water partition coefficient (Wildman–Crippen LogP) is 4.30.